The van der Waals surface area contributed by atoms with Crippen LogP contribution in [-0.2, 0) is 21.3 Å². The summed E-state index contributed by atoms with van der Waals surface area (Å²) in [5, 5.41) is 27.7. The molecule has 2 aliphatic rings. The number of hydrogen-bond acceptors (Lipinski definition) is 9. The van der Waals surface area contributed by atoms with Gasteiger partial charge in [0.1, 0.15) is 6.10 Å². The van der Waals surface area contributed by atoms with Crippen LogP contribution in [-0.4, -0.2) is 74.4 Å². The van der Waals surface area contributed by atoms with Crippen molar-refractivity contribution in [2.75, 3.05) is 18.9 Å². The second-order valence-corrected chi connectivity index (χ2v) is 11.9. The van der Waals surface area contributed by atoms with E-state index in [1.54, 1.807) is 16.7 Å². The first-order valence-corrected chi connectivity index (χ1v) is 14.8. The van der Waals surface area contributed by atoms with Crippen LogP contribution in [0.25, 0.3) is 11.2 Å². The van der Waals surface area contributed by atoms with Gasteiger partial charge in [0, 0.05) is 25.1 Å². The quantitative estimate of drug-likeness (QED) is 0.155. The fraction of sp³-hybridized carbons (Fsp3) is 0.310. The molecule has 13 heteroatoms. The molecule has 0 unspecified atom stereocenters. The molecule has 0 radical (unpaired) electrons. The summed E-state index contributed by atoms with van der Waals surface area (Å²) < 4.78 is 33.6. The molecule has 2 heterocycles. The van der Waals surface area contributed by atoms with Gasteiger partial charge >= 0.3 is 0 Å². The van der Waals surface area contributed by atoms with E-state index in [4.69, 9.17) is 0 Å². The van der Waals surface area contributed by atoms with Gasteiger partial charge in [0.2, 0.25) is 11.7 Å². The Bertz CT molecular complexity index is 1830. The van der Waals surface area contributed by atoms with E-state index in [2.05, 4.69) is 37.4 Å². The van der Waals surface area contributed by atoms with Crippen LogP contribution in [0.1, 0.15) is 29.4 Å². The highest BCUT2D eigenvalue weighted by molar-refractivity contribution is 7.85. The summed E-state index contributed by atoms with van der Waals surface area (Å²) >= 11 is 0. The van der Waals surface area contributed by atoms with Crippen molar-refractivity contribution in [1.29, 1.82) is 0 Å². The van der Waals surface area contributed by atoms with Gasteiger partial charge in [-0.2, -0.15) is 8.42 Å². The van der Waals surface area contributed by atoms with E-state index >= 15 is 0 Å². The Kier molecular flexibility index (Phi) is 6.94. The Morgan fingerprint density at radius 2 is 1.83 bits per heavy atom. The van der Waals surface area contributed by atoms with E-state index < -0.39 is 33.8 Å². The third kappa shape index (κ3) is 4.78. The van der Waals surface area contributed by atoms with E-state index in [1.807, 2.05) is 30.3 Å². The summed E-state index contributed by atoms with van der Waals surface area (Å²) in [5.74, 6) is 6.07. The summed E-state index contributed by atoms with van der Waals surface area (Å²) in [5.41, 5.74) is 1.39. The zero-order chi connectivity index (χ0) is 29.6. The summed E-state index contributed by atoms with van der Waals surface area (Å²) in [6, 6.07) is 14.7. The van der Waals surface area contributed by atoms with Crippen molar-refractivity contribution < 1.29 is 28.0 Å². The number of rotatable bonds is 7. The number of hydrogen-bond donors (Lipinski definition) is 5. The predicted octanol–water partition coefficient (Wildman–Crippen LogP) is 1.16. The third-order valence-electron chi connectivity index (χ3n) is 8.08. The summed E-state index contributed by atoms with van der Waals surface area (Å²) in [6.45, 7) is 0.406. The molecule has 216 valence electrons. The lowest BCUT2D eigenvalue weighted by Gasteiger charge is -2.23. The first-order valence-electron chi connectivity index (χ1n) is 13.3. The first-order chi connectivity index (χ1) is 20.1. The summed E-state index contributed by atoms with van der Waals surface area (Å²) in [7, 11) is -2.76. The Balaban J connectivity index is 1.33. The maximum Gasteiger partial charge on any atom is 0.294 e. The highest BCUT2D eigenvalue weighted by atomic mass is 32.2. The van der Waals surface area contributed by atoms with Gasteiger partial charge in [-0.25, -0.2) is 15.0 Å². The summed E-state index contributed by atoms with van der Waals surface area (Å²) in [6.07, 6.45) is 0.0462. The fourth-order valence-electron chi connectivity index (χ4n) is 5.90. The molecule has 1 amide bonds. The predicted molar refractivity (Wildman–Crippen MR) is 152 cm³/mol. The molecule has 42 heavy (non-hydrogen) atoms. The van der Waals surface area contributed by atoms with Gasteiger partial charge in [0.15, 0.2) is 17.0 Å². The van der Waals surface area contributed by atoms with Gasteiger partial charge in [-0.3, -0.25) is 9.35 Å². The first kappa shape index (κ1) is 27.8. The average Bonchev–Trinajstić information content (AvgIpc) is 3.52. The molecule has 2 fully saturated rings. The SMILES string of the molecule is CNC(=O)[C@@]12C[C@@H]1[C@@H](n1cnc3c(NCCc4ccc(S(=O)(=O)O)cc4)nc(C#Cc4ccccc4)nc31)[C@H](O)[C@@H]2O. The Hall–Kier alpha value is -4.35. The zero-order valence-electron chi connectivity index (χ0n) is 22.5. The van der Waals surface area contributed by atoms with Gasteiger partial charge in [0.25, 0.3) is 10.1 Å². The van der Waals surface area contributed by atoms with Crippen LogP contribution in [0.4, 0.5) is 5.82 Å². The maximum atomic E-state index is 12.6. The minimum absolute atomic E-state index is 0.181. The molecule has 0 aliphatic heterocycles. The Labute approximate surface area is 241 Å². The highest BCUT2D eigenvalue weighted by Crippen LogP contribution is 2.67. The molecule has 0 bridgehead atoms. The molecule has 2 aliphatic carbocycles. The van der Waals surface area contributed by atoms with Crippen molar-refractivity contribution in [1.82, 2.24) is 24.8 Å². The molecule has 5 N–H and O–H groups in total. The van der Waals surface area contributed by atoms with E-state index in [0.29, 0.717) is 36.4 Å². The number of nitrogens with zero attached hydrogens (tertiary/aromatic N) is 4. The van der Waals surface area contributed by atoms with Crippen LogP contribution in [0.15, 0.2) is 65.8 Å². The van der Waals surface area contributed by atoms with Crippen molar-refractivity contribution >= 4 is 33.0 Å². The van der Waals surface area contributed by atoms with E-state index in [9.17, 15) is 28.0 Å². The Morgan fingerprint density at radius 1 is 1.10 bits per heavy atom. The van der Waals surface area contributed by atoms with Crippen LogP contribution < -0.4 is 10.6 Å². The van der Waals surface area contributed by atoms with Gasteiger partial charge in [-0.1, -0.05) is 36.3 Å². The molecule has 2 aromatic heterocycles. The number of nitrogens with one attached hydrogen (secondary N) is 2. The highest BCUT2D eigenvalue weighted by Gasteiger charge is 2.75. The fourth-order valence-corrected chi connectivity index (χ4v) is 6.38. The standard InChI is InChI=1S/C29H28N6O6S/c1-30-28(38)29-15-20(29)23(24(36)25(29)37)35-16-32-22-26(31-14-13-18-7-10-19(11-8-18)42(39,40)41)33-21(34-27(22)35)12-9-17-5-3-2-4-6-17/h2-8,10-11,16,20,23-25,36-37H,13-15H2,1H3,(H,30,38)(H,31,33,34)(H,39,40,41)/t20-,23-,24+,25+,29+/m1/s1. The third-order valence-corrected chi connectivity index (χ3v) is 8.95. The lowest BCUT2D eigenvalue weighted by Crippen LogP contribution is -2.41. The van der Waals surface area contributed by atoms with Crippen LogP contribution in [0, 0.1) is 23.2 Å². The molecule has 12 nitrogen and oxygen atoms in total. The minimum Gasteiger partial charge on any atom is -0.389 e. The van der Waals surface area contributed by atoms with E-state index in [1.165, 1.54) is 25.5 Å². The van der Waals surface area contributed by atoms with Gasteiger partial charge < -0.3 is 25.4 Å². The molecule has 6 rings (SSSR count). The van der Waals surface area contributed by atoms with Gasteiger partial charge in [0.05, 0.1) is 28.8 Å². The second kappa shape index (κ2) is 10.5. The topological polar surface area (TPSA) is 180 Å². The van der Waals surface area contributed by atoms with Crippen LogP contribution in [0.3, 0.4) is 0 Å². The number of carbonyl (C=O) groups excluding carboxylic acids is 1. The molecule has 4 aromatic rings. The van der Waals surface area contributed by atoms with Crippen LogP contribution >= 0.6 is 0 Å². The van der Waals surface area contributed by atoms with E-state index in [0.717, 1.165) is 11.1 Å². The number of carbonyl (C=O) groups is 1. The number of anilines is 1. The molecule has 0 spiro atoms. The zero-order valence-corrected chi connectivity index (χ0v) is 23.3. The number of benzene rings is 2. The van der Waals surface area contributed by atoms with Gasteiger partial charge in [-0.15, -0.1) is 0 Å². The molecule has 2 aromatic carbocycles. The average molecular weight is 589 g/mol. The van der Waals surface area contributed by atoms with Crippen molar-refractivity contribution in [3.8, 4) is 11.8 Å². The van der Waals surface area contributed by atoms with Crippen molar-refractivity contribution in [3.05, 3.63) is 77.9 Å². The molecular formula is C29H28N6O6S. The van der Waals surface area contributed by atoms with Crippen molar-refractivity contribution in [3.63, 3.8) is 0 Å². The monoisotopic (exact) mass is 588 g/mol. The number of imidazole rings is 1. The second-order valence-electron chi connectivity index (χ2n) is 10.5. The number of amides is 1. The molecule has 5 atom stereocenters. The number of aliphatic hydroxyl groups excluding tert-OH is 2. The van der Waals surface area contributed by atoms with Crippen LogP contribution in [0.2, 0.25) is 0 Å². The lowest BCUT2D eigenvalue weighted by molar-refractivity contribution is -0.132. The molecule has 2 saturated carbocycles. The van der Waals surface area contributed by atoms with Crippen molar-refractivity contribution in [2.45, 2.75) is 36.0 Å². The van der Waals surface area contributed by atoms with Crippen LogP contribution in [0.5, 0.6) is 0 Å². The van der Waals surface area contributed by atoms with Crippen molar-refractivity contribution in [2.24, 2.45) is 11.3 Å². The van der Waals surface area contributed by atoms with E-state index in [-0.39, 0.29) is 22.5 Å². The molecule has 0 saturated heterocycles. The number of aliphatic hydroxyl groups is 2. The van der Waals surface area contributed by atoms with Gasteiger partial charge in [-0.05, 0) is 48.6 Å². The lowest BCUT2D eigenvalue weighted by atomic mass is 9.98. The maximum absolute atomic E-state index is 12.6. The largest absolute Gasteiger partial charge is 0.389 e. The summed E-state index contributed by atoms with van der Waals surface area (Å²) in [4.78, 5) is 26.2. The number of fused-ring (bicyclic) bond motifs is 2. The molecular weight excluding hydrogens is 560 g/mol. The Morgan fingerprint density at radius 3 is 2.52 bits per heavy atom. The minimum atomic E-state index is -4.27. The number of aromatic nitrogens is 4. The smallest absolute Gasteiger partial charge is 0.294 e. The normalized spacial score (nSPS) is 24.5.